The van der Waals surface area contributed by atoms with E-state index in [1.54, 1.807) is 0 Å². The molecule has 58 heavy (non-hydrogen) atoms. The highest BCUT2D eigenvalue weighted by molar-refractivity contribution is 9.10. The largest absolute Gasteiger partial charge is 0.456 e. The maximum Gasteiger partial charge on any atom is 0.136 e. The van der Waals surface area contributed by atoms with E-state index in [2.05, 4.69) is 178 Å². The molecule has 0 atom stereocenters. The van der Waals surface area contributed by atoms with E-state index >= 15 is 0 Å². The van der Waals surface area contributed by atoms with Gasteiger partial charge in [-0.15, -0.1) is 0 Å². The normalized spacial score (nSPS) is 12.2. The Kier molecular flexibility index (Phi) is 12.8. The third-order valence-electron chi connectivity index (χ3n) is 10.6. The van der Waals surface area contributed by atoms with Crippen LogP contribution >= 0.6 is 15.9 Å². The van der Waals surface area contributed by atoms with Gasteiger partial charge in [-0.1, -0.05) is 179 Å². The van der Waals surface area contributed by atoms with Gasteiger partial charge in [-0.3, -0.25) is 0 Å². The van der Waals surface area contributed by atoms with Gasteiger partial charge in [0.2, 0.25) is 0 Å². The molecule has 8 aromatic rings. The van der Waals surface area contributed by atoms with Crippen LogP contribution in [0, 0.1) is 0 Å². The smallest absolute Gasteiger partial charge is 0.136 e. The van der Waals surface area contributed by atoms with E-state index in [1.807, 2.05) is 42.5 Å². The number of fused-ring (bicyclic) bond motifs is 6. The van der Waals surface area contributed by atoms with E-state index in [9.17, 15) is 0 Å². The minimum absolute atomic E-state index is 0. The van der Waals surface area contributed by atoms with Crippen molar-refractivity contribution < 1.29 is 8.83 Å². The molecule has 6 aromatic carbocycles. The van der Waals surface area contributed by atoms with Crippen LogP contribution in [0.25, 0.3) is 43.9 Å². The van der Waals surface area contributed by atoms with Crippen LogP contribution < -0.4 is 5.73 Å². The lowest BCUT2D eigenvalue weighted by Gasteiger charge is -2.26. The molecule has 304 valence electrons. The number of para-hydroxylation sites is 2. The second-order valence-electron chi connectivity index (χ2n) is 19.6. The predicted octanol–water partition coefficient (Wildman–Crippen LogP) is 16.6. The van der Waals surface area contributed by atoms with Gasteiger partial charge in [-0.25, -0.2) is 0 Å². The molecule has 0 amide bonds. The third-order valence-corrected chi connectivity index (χ3v) is 11.1. The third kappa shape index (κ3) is 10.4. The summed E-state index contributed by atoms with van der Waals surface area (Å²) in [5, 5.41) is 4.73. The lowest BCUT2D eigenvalue weighted by Crippen LogP contribution is -2.17. The number of benzene rings is 6. The molecule has 0 spiro atoms. The molecule has 0 aliphatic heterocycles. The molecule has 0 fully saturated rings. The molecular weight excluding hydrogens is 775 g/mol. The van der Waals surface area contributed by atoms with Crippen molar-refractivity contribution in [3.63, 3.8) is 0 Å². The van der Waals surface area contributed by atoms with Gasteiger partial charge in [-0.05, 0) is 110 Å². The summed E-state index contributed by atoms with van der Waals surface area (Å²) in [5.41, 5.74) is 19.3. The summed E-state index contributed by atoms with van der Waals surface area (Å²) in [6, 6.07) is 42.6. The van der Waals surface area contributed by atoms with Gasteiger partial charge in [0.1, 0.15) is 22.3 Å². The van der Waals surface area contributed by atoms with Crippen LogP contribution in [0.2, 0.25) is 0 Å². The molecular formula is C54H64BrNO2. The van der Waals surface area contributed by atoms with Crippen molar-refractivity contribution in [3.05, 3.63) is 159 Å². The molecule has 0 aliphatic rings. The molecule has 0 saturated carbocycles. The van der Waals surface area contributed by atoms with Gasteiger partial charge in [-0.2, -0.15) is 0 Å². The van der Waals surface area contributed by atoms with Crippen molar-refractivity contribution >= 4 is 65.5 Å². The van der Waals surface area contributed by atoms with Crippen LogP contribution in [-0.2, 0) is 28.1 Å². The monoisotopic (exact) mass is 837 g/mol. The highest BCUT2D eigenvalue weighted by atomic mass is 79.9. The lowest BCUT2D eigenvalue weighted by atomic mass is 9.79. The van der Waals surface area contributed by atoms with Crippen LogP contribution in [0.4, 0.5) is 5.69 Å². The summed E-state index contributed by atoms with van der Waals surface area (Å²) in [4.78, 5) is 0. The number of nitrogen functional groups attached to an aromatic ring is 1. The fraction of sp³-hybridized carbons (Fsp3) is 0.333. The summed E-state index contributed by atoms with van der Waals surface area (Å²) in [5.74, 6) is 0. The highest BCUT2D eigenvalue weighted by Crippen LogP contribution is 2.34. The second kappa shape index (κ2) is 16.8. The van der Waals surface area contributed by atoms with Crippen molar-refractivity contribution in [3.8, 4) is 0 Å². The summed E-state index contributed by atoms with van der Waals surface area (Å²) in [7, 11) is 0. The molecule has 0 aliphatic carbocycles. The highest BCUT2D eigenvalue weighted by Gasteiger charge is 2.22. The summed E-state index contributed by atoms with van der Waals surface area (Å²) in [6.45, 7) is 27.0. The number of nitrogens with two attached hydrogens (primary N) is 1. The Bertz CT molecular complexity index is 2600. The first-order valence-corrected chi connectivity index (χ1v) is 20.9. The molecule has 0 bridgehead atoms. The SMILES string of the molecule is Brc1ccc2c(c1)oc1ccccc12.C.CC(C)(C)c1cc(Cc2ccc3c(c2)oc2ccccc23)cc(C(C)(C)C)c1.CC(C)(C)c1cc(N)cc(C(C)(C)C)c1. The molecule has 2 heterocycles. The second-order valence-corrected chi connectivity index (χ2v) is 20.5. The fourth-order valence-corrected chi connectivity index (χ4v) is 7.33. The molecule has 0 radical (unpaired) electrons. The Morgan fingerprint density at radius 3 is 1.24 bits per heavy atom. The number of rotatable bonds is 2. The molecule has 3 nitrogen and oxygen atoms in total. The molecule has 0 unspecified atom stereocenters. The predicted molar refractivity (Wildman–Crippen MR) is 257 cm³/mol. The number of anilines is 1. The quantitative estimate of drug-likeness (QED) is 0.176. The van der Waals surface area contributed by atoms with Crippen LogP contribution in [0.1, 0.15) is 124 Å². The summed E-state index contributed by atoms with van der Waals surface area (Å²) < 4.78 is 12.8. The maximum absolute atomic E-state index is 6.09. The Morgan fingerprint density at radius 1 is 0.414 bits per heavy atom. The zero-order valence-electron chi connectivity index (χ0n) is 36.0. The van der Waals surface area contributed by atoms with Crippen LogP contribution in [0.15, 0.2) is 135 Å². The Balaban J connectivity index is 0.000000180. The number of furan rings is 2. The standard InChI is InChI=1S/C27H30O.C14H23N.C12H7BrO.CH4/c1-26(2,3)20-14-19(15-21(17-20)27(4,5)6)13-18-11-12-23-22-9-7-8-10-24(22)28-25(23)16-18;1-13(2,3)10-7-11(14(4,5)6)9-12(15)8-10;13-8-5-6-10-9-3-1-2-4-11(9)14-12(10)7-8;/h7-12,14-17H,13H2,1-6H3;7-9H,15H2,1-6H3;1-7H;1H4. The number of hydrogen-bond donors (Lipinski definition) is 1. The Morgan fingerprint density at radius 2 is 0.793 bits per heavy atom. The van der Waals surface area contributed by atoms with Crippen molar-refractivity contribution in [2.75, 3.05) is 5.73 Å². The first-order valence-electron chi connectivity index (χ1n) is 20.1. The molecule has 8 rings (SSSR count). The Labute approximate surface area is 356 Å². The molecule has 2 aromatic heterocycles. The first kappa shape index (κ1) is 44.3. The van der Waals surface area contributed by atoms with Gasteiger partial charge in [0.05, 0.1) is 0 Å². The van der Waals surface area contributed by atoms with E-state index in [4.69, 9.17) is 14.6 Å². The fourth-order valence-electron chi connectivity index (χ4n) is 6.99. The topological polar surface area (TPSA) is 52.3 Å². The minimum atomic E-state index is 0. The van der Waals surface area contributed by atoms with Gasteiger partial charge < -0.3 is 14.6 Å². The van der Waals surface area contributed by atoms with Gasteiger partial charge >= 0.3 is 0 Å². The van der Waals surface area contributed by atoms with Crippen molar-refractivity contribution in [1.82, 2.24) is 0 Å². The van der Waals surface area contributed by atoms with E-state index < -0.39 is 0 Å². The first-order chi connectivity index (χ1) is 26.6. The van der Waals surface area contributed by atoms with Crippen LogP contribution in [0.3, 0.4) is 0 Å². The van der Waals surface area contributed by atoms with Crippen LogP contribution in [0.5, 0.6) is 0 Å². The average Bonchev–Trinajstić information content (AvgIpc) is 3.67. The van der Waals surface area contributed by atoms with Crippen molar-refractivity contribution in [1.29, 1.82) is 0 Å². The van der Waals surface area contributed by atoms with Gasteiger partial charge in [0.25, 0.3) is 0 Å². The molecule has 0 saturated heterocycles. The van der Waals surface area contributed by atoms with Crippen LogP contribution in [-0.4, -0.2) is 0 Å². The average molecular weight is 839 g/mol. The number of hydrogen-bond acceptors (Lipinski definition) is 3. The Hall–Kier alpha value is -4.80. The number of halogens is 1. The van der Waals surface area contributed by atoms with Gasteiger partial charge in [0.15, 0.2) is 0 Å². The maximum atomic E-state index is 6.09. The van der Waals surface area contributed by atoms with Crippen molar-refractivity contribution in [2.24, 2.45) is 0 Å². The van der Waals surface area contributed by atoms with E-state index in [-0.39, 0.29) is 29.1 Å². The lowest BCUT2D eigenvalue weighted by molar-refractivity contribution is 0.567. The van der Waals surface area contributed by atoms with E-state index in [0.29, 0.717) is 0 Å². The summed E-state index contributed by atoms with van der Waals surface area (Å²) in [6.07, 6.45) is 0.917. The zero-order chi connectivity index (χ0) is 41.5. The summed E-state index contributed by atoms with van der Waals surface area (Å²) >= 11 is 3.43. The minimum Gasteiger partial charge on any atom is -0.456 e. The van der Waals surface area contributed by atoms with Crippen molar-refractivity contribution in [2.45, 2.75) is 119 Å². The molecule has 4 heteroatoms. The van der Waals surface area contributed by atoms with E-state index in [1.165, 1.54) is 54.9 Å². The zero-order valence-corrected chi connectivity index (χ0v) is 37.6. The van der Waals surface area contributed by atoms with Gasteiger partial charge in [0, 0.05) is 31.7 Å². The van der Waals surface area contributed by atoms with E-state index in [0.717, 1.165) is 38.9 Å². The molecule has 2 N–H and O–H groups in total.